The summed E-state index contributed by atoms with van der Waals surface area (Å²) in [5.41, 5.74) is 0.583. The molecule has 17 heavy (non-hydrogen) atoms. The fourth-order valence-corrected chi connectivity index (χ4v) is 3.56. The van der Waals surface area contributed by atoms with E-state index in [1.54, 1.807) is 13.1 Å². The largest absolute Gasteiger partial charge is 0.308 e. The van der Waals surface area contributed by atoms with Crippen LogP contribution in [0.15, 0.2) is 34.1 Å². The summed E-state index contributed by atoms with van der Waals surface area (Å²) in [6.07, 6.45) is 0. The van der Waals surface area contributed by atoms with Crippen molar-refractivity contribution in [1.82, 2.24) is 5.32 Å². The Morgan fingerprint density at radius 2 is 2.18 bits per heavy atom. The van der Waals surface area contributed by atoms with E-state index >= 15 is 0 Å². The molecule has 0 amide bonds. The van der Waals surface area contributed by atoms with Crippen LogP contribution < -0.4 is 5.32 Å². The van der Waals surface area contributed by atoms with Gasteiger partial charge in [0.1, 0.15) is 5.82 Å². The smallest absolute Gasteiger partial charge is 0.129 e. The van der Waals surface area contributed by atoms with Crippen LogP contribution in [0.2, 0.25) is 5.02 Å². The van der Waals surface area contributed by atoms with Gasteiger partial charge in [-0.05, 0) is 30.6 Å². The lowest BCUT2D eigenvalue weighted by molar-refractivity contribution is 0.577. The van der Waals surface area contributed by atoms with Crippen LogP contribution in [-0.4, -0.2) is 7.05 Å². The zero-order valence-electron chi connectivity index (χ0n) is 9.01. The van der Waals surface area contributed by atoms with Gasteiger partial charge in [-0.15, -0.1) is 11.3 Å². The molecule has 1 atom stereocenters. The zero-order valence-corrected chi connectivity index (χ0v) is 12.2. The second-order valence-electron chi connectivity index (χ2n) is 3.49. The third kappa shape index (κ3) is 2.55. The Hall–Kier alpha value is -0.420. The summed E-state index contributed by atoms with van der Waals surface area (Å²) in [5.74, 6) is -0.247. The quantitative estimate of drug-likeness (QED) is 0.864. The Morgan fingerprint density at radius 3 is 2.71 bits per heavy atom. The van der Waals surface area contributed by atoms with Gasteiger partial charge in [-0.3, -0.25) is 0 Å². The van der Waals surface area contributed by atoms with Crippen LogP contribution in [0.3, 0.4) is 0 Å². The number of rotatable bonds is 3. The monoisotopic (exact) mass is 333 g/mol. The van der Waals surface area contributed by atoms with Gasteiger partial charge in [0.2, 0.25) is 0 Å². The molecular formula is C12H10BrClFNS. The highest BCUT2D eigenvalue weighted by Crippen LogP contribution is 2.36. The Kier molecular flexibility index (Phi) is 4.20. The fourth-order valence-electron chi connectivity index (χ4n) is 1.70. The van der Waals surface area contributed by atoms with E-state index in [-0.39, 0.29) is 11.9 Å². The van der Waals surface area contributed by atoms with Crippen molar-refractivity contribution in [3.63, 3.8) is 0 Å². The molecule has 1 aromatic heterocycles. The minimum Gasteiger partial charge on any atom is -0.308 e. The molecule has 0 spiro atoms. The van der Waals surface area contributed by atoms with Crippen molar-refractivity contribution in [2.45, 2.75) is 6.04 Å². The molecule has 0 saturated heterocycles. The Labute approximate surface area is 117 Å². The van der Waals surface area contributed by atoms with Crippen molar-refractivity contribution in [1.29, 1.82) is 0 Å². The van der Waals surface area contributed by atoms with Gasteiger partial charge >= 0.3 is 0 Å². The molecule has 0 aliphatic carbocycles. The van der Waals surface area contributed by atoms with Gasteiger partial charge < -0.3 is 5.32 Å². The summed E-state index contributed by atoms with van der Waals surface area (Å²) < 4.78 is 14.6. The number of benzene rings is 1. The standard InChI is InChI=1S/C12H10BrClFNS/c1-16-11(12-8(14)5-6-17-12)10-7(13)3-2-4-9(10)15/h2-6,11,16H,1H3. The molecule has 2 rings (SSSR count). The highest BCUT2D eigenvalue weighted by atomic mass is 79.9. The van der Waals surface area contributed by atoms with Crippen molar-refractivity contribution in [3.8, 4) is 0 Å². The van der Waals surface area contributed by atoms with Crippen molar-refractivity contribution in [2.75, 3.05) is 7.05 Å². The van der Waals surface area contributed by atoms with E-state index in [4.69, 9.17) is 11.6 Å². The highest BCUT2D eigenvalue weighted by molar-refractivity contribution is 9.10. The number of halogens is 3. The third-order valence-electron chi connectivity index (χ3n) is 2.48. The van der Waals surface area contributed by atoms with E-state index in [1.165, 1.54) is 17.4 Å². The summed E-state index contributed by atoms with van der Waals surface area (Å²) in [7, 11) is 1.79. The normalized spacial score (nSPS) is 12.7. The first-order valence-electron chi connectivity index (χ1n) is 4.99. The molecule has 1 aromatic carbocycles. The Bertz CT molecular complexity index is 509. The minimum atomic E-state index is -0.247. The van der Waals surface area contributed by atoms with Crippen LogP contribution in [0.4, 0.5) is 4.39 Å². The van der Waals surface area contributed by atoms with Gasteiger partial charge in [0.15, 0.2) is 0 Å². The molecule has 90 valence electrons. The number of hydrogen-bond acceptors (Lipinski definition) is 2. The molecule has 1 N–H and O–H groups in total. The number of thiophene rings is 1. The average Bonchev–Trinajstić information content (AvgIpc) is 2.70. The summed E-state index contributed by atoms with van der Waals surface area (Å²) in [6, 6.07) is 6.53. The lowest BCUT2D eigenvalue weighted by Gasteiger charge is -2.18. The minimum absolute atomic E-state index is 0.238. The van der Waals surface area contributed by atoms with Gasteiger partial charge in [-0.2, -0.15) is 0 Å². The van der Waals surface area contributed by atoms with Crippen LogP contribution in [0, 0.1) is 5.82 Å². The van der Waals surface area contributed by atoms with E-state index in [9.17, 15) is 4.39 Å². The van der Waals surface area contributed by atoms with Crippen molar-refractivity contribution in [3.05, 3.63) is 55.4 Å². The van der Waals surface area contributed by atoms with E-state index in [1.807, 2.05) is 17.5 Å². The summed E-state index contributed by atoms with van der Waals surface area (Å²) in [6.45, 7) is 0. The molecule has 0 saturated carbocycles. The molecule has 1 unspecified atom stereocenters. The van der Waals surface area contributed by atoms with Crippen LogP contribution in [0.5, 0.6) is 0 Å². The van der Waals surface area contributed by atoms with Gasteiger partial charge in [0.25, 0.3) is 0 Å². The van der Waals surface area contributed by atoms with E-state index in [0.29, 0.717) is 10.6 Å². The van der Waals surface area contributed by atoms with E-state index in [2.05, 4.69) is 21.2 Å². The molecule has 0 radical (unpaired) electrons. The second kappa shape index (κ2) is 5.48. The topological polar surface area (TPSA) is 12.0 Å². The third-order valence-corrected chi connectivity index (χ3v) is 4.60. The maximum atomic E-state index is 13.9. The van der Waals surface area contributed by atoms with Crippen molar-refractivity contribution < 1.29 is 4.39 Å². The molecule has 0 bridgehead atoms. The zero-order chi connectivity index (χ0) is 12.4. The maximum absolute atomic E-state index is 13.9. The van der Waals surface area contributed by atoms with Gasteiger partial charge in [0.05, 0.1) is 11.1 Å². The Balaban J connectivity index is 2.53. The average molecular weight is 335 g/mol. The number of hydrogen-bond donors (Lipinski definition) is 1. The molecule has 0 aliphatic heterocycles. The van der Waals surface area contributed by atoms with Gasteiger partial charge in [-0.25, -0.2) is 4.39 Å². The molecule has 0 aliphatic rings. The van der Waals surface area contributed by atoms with E-state index in [0.717, 1.165) is 9.35 Å². The molecule has 1 nitrogen and oxygen atoms in total. The first-order valence-corrected chi connectivity index (χ1v) is 7.04. The first kappa shape index (κ1) is 13.0. The van der Waals surface area contributed by atoms with Gasteiger partial charge in [0, 0.05) is 14.9 Å². The van der Waals surface area contributed by atoms with E-state index < -0.39 is 0 Å². The predicted octanol–water partition coefficient (Wildman–Crippen LogP) is 4.61. The SMILES string of the molecule is CNC(c1sccc1Cl)c1c(F)cccc1Br. The molecular weight excluding hydrogens is 325 g/mol. The molecule has 1 heterocycles. The van der Waals surface area contributed by atoms with Crippen molar-refractivity contribution in [2.24, 2.45) is 0 Å². The summed E-state index contributed by atoms with van der Waals surface area (Å²) >= 11 is 11.0. The summed E-state index contributed by atoms with van der Waals surface area (Å²) in [4.78, 5) is 0.917. The van der Waals surface area contributed by atoms with Crippen LogP contribution in [-0.2, 0) is 0 Å². The lowest BCUT2D eigenvalue weighted by Crippen LogP contribution is -2.18. The molecule has 2 aromatic rings. The highest BCUT2D eigenvalue weighted by Gasteiger charge is 2.22. The number of nitrogens with one attached hydrogen (secondary N) is 1. The molecule has 5 heteroatoms. The van der Waals surface area contributed by atoms with Crippen LogP contribution in [0.1, 0.15) is 16.5 Å². The predicted molar refractivity (Wildman–Crippen MR) is 74.3 cm³/mol. The van der Waals surface area contributed by atoms with Crippen molar-refractivity contribution >= 4 is 38.9 Å². The second-order valence-corrected chi connectivity index (χ2v) is 5.70. The lowest BCUT2D eigenvalue weighted by atomic mass is 10.0. The van der Waals surface area contributed by atoms with Gasteiger partial charge in [-0.1, -0.05) is 33.6 Å². The van der Waals surface area contributed by atoms with Crippen LogP contribution in [0.25, 0.3) is 0 Å². The van der Waals surface area contributed by atoms with Crippen LogP contribution >= 0.6 is 38.9 Å². The summed E-state index contributed by atoms with van der Waals surface area (Å²) in [5, 5.41) is 5.66. The first-order chi connectivity index (χ1) is 8.15. The maximum Gasteiger partial charge on any atom is 0.129 e. The fraction of sp³-hybridized carbons (Fsp3) is 0.167. The Morgan fingerprint density at radius 1 is 1.41 bits per heavy atom. The molecule has 0 fully saturated rings.